The number of ether oxygens (including phenoxy) is 1. The third-order valence-electron chi connectivity index (χ3n) is 2.33. The van der Waals surface area contributed by atoms with E-state index < -0.39 is 10.8 Å². The number of rotatable bonds is 7. The van der Waals surface area contributed by atoms with Crippen LogP contribution in [0.2, 0.25) is 0 Å². The summed E-state index contributed by atoms with van der Waals surface area (Å²) in [5, 5.41) is 0. The van der Waals surface area contributed by atoms with Gasteiger partial charge in [-0.25, -0.2) is 4.39 Å². The van der Waals surface area contributed by atoms with Crippen molar-refractivity contribution in [2.75, 3.05) is 19.0 Å². The molecular formula is C13H19FO2S. The molecule has 1 rings (SSSR count). The van der Waals surface area contributed by atoms with Crippen LogP contribution in [-0.4, -0.2) is 23.2 Å². The van der Waals surface area contributed by atoms with E-state index in [-0.39, 0.29) is 5.82 Å². The van der Waals surface area contributed by atoms with Crippen LogP contribution in [0.3, 0.4) is 0 Å². The van der Waals surface area contributed by atoms with E-state index in [0.29, 0.717) is 29.8 Å². The molecule has 0 radical (unpaired) electrons. The Balaban J connectivity index is 2.23. The van der Waals surface area contributed by atoms with Crippen molar-refractivity contribution in [1.82, 2.24) is 0 Å². The number of halogens is 1. The van der Waals surface area contributed by atoms with E-state index in [9.17, 15) is 8.60 Å². The fourth-order valence-electron chi connectivity index (χ4n) is 1.26. The molecule has 96 valence electrons. The van der Waals surface area contributed by atoms with Crippen LogP contribution in [0.5, 0.6) is 0 Å². The van der Waals surface area contributed by atoms with E-state index in [2.05, 4.69) is 13.8 Å². The Bertz CT molecular complexity index is 349. The van der Waals surface area contributed by atoms with Crippen LogP contribution >= 0.6 is 0 Å². The lowest BCUT2D eigenvalue weighted by Crippen LogP contribution is -2.08. The first kappa shape index (κ1) is 14.3. The van der Waals surface area contributed by atoms with E-state index in [1.165, 1.54) is 12.1 Å². The Labute approximate surface area is 105 Å². The first-order chi connectivity index (χ1) is 8.09. The Morgan fingerprint density at radius 3 is 2.47 bits per heavy atom. The van der Waals surface area contributed by atoms with Gasteiger partial charge < -0.3 is 4.74 Å². The summed E-state index contributed by atoms with van der Waals surface area (Å²) in [6.07, 6.45) is 1.02. The topological polar surface area (TPSA) is 26.3 Å². The molecule has 0 aliphatic heterocycles. The minimum absolute atomic E-state index is 0.307. The maximum Gasteiger partial charge on any atom is 0.123 e. The fraction of sp³-hybridized carbons (Fsp3) is 0.538. The molecule has 0 aromatic heterocycles. The molecule has 0 amide bonds. The van der Waals surface area contributed by atoms with Crippen molar-refractivity contribution in [3.63, 3.8) is 0 Å². The molecule has 1 unspecified atom stereocenters. The second kappa shape index (κ2) is 7.56. The highest BCUT2D eigenvalue weighted by molar-refractivity contribution is 7.85. The predicted octanol–water partition coefficient (Wildman–Crippen LogP) is 3.00. The first-order valence-corrected chi connectivity index (χ1v) is 7.13. The molecule has 0 aliphatic rings. The molecule has 0 saturated carbocycles. The monoisotopic (exact) mass is 258 g/mol. The summed E-state index contributed by atoms with van der Waals surface area (Å²) in [4.78, 5) is 0.652. The van der Waals surface area contributed by atoms with Crippen LogP contribution < -0.4 is 0 Å². The maximum atomic E-state index is 12.7. The standard InChI is InChI=1S/C13H19FO2S/c1-11(2)7-8-16-9-10-17(15)13-5-3-12(14)4-6-13/h3-6,11H,7-10H2,1-2H3. The van der Waals surface area contributed by atoms with Crippen molar-refractivity contribution >= 4 is 10.8 Å². The zero-order valence-corrected chi connectivity index (χ0v) is 11.1. The second-order valence-corrected chi connectivity index (χ2v) is 5.87. The van der Waals surface area contributed by atoms with Crippen molar-refractivity contribution in [1.29, 1.82) is 0 Å². The molecule has 1 atom stereocenters. The summed E-state index contributed by atoms with van der Waals surface area (Å²) in [6.45, 7) is 5.47. The van der Waals surface area contributed by atoms with E-state index >= 15 is 0 Å². The van der Waals surface area contributed by atoms with Crippen LogP contribution in [0.1, 0.15) is 20.3 Å². The van der Waals surface area contributed by atoms with Crippen LogP contribution in [0.25, 0.3) is 0 Å². The molecule has 0 heterocycles. The minimum atomic E-state index is -1.10. The van der Waals surface area contributed by atoms with Gasteiger partial charge in [-0.05, 0) is 36.6 Å². The van der Waals surface area contributed by atoms with Crippen LogP contribution in [0, 0.1) is 11.7 Å². The highest BCUT2D eigenvalue weighted by Crippen LogP contribution is 2.08. The average Bonchev–Trinajstić information content (AvgIpc) is 2.29. The SMILES string of the molecule is CC(C)CCOCCS(=O)c1ccc(F)cc1. The third kappa shape index (κ3) is 5.94. The lowest BCUT2D eigenvalue weighted by Gasteiger charge is -2.06. The van der Waals surface area contributed by atoms with Gasteiger partial charge in [0, 0.05) is 11.5 Å². The second-order valence-electron chi connectivity index (χ2n) is 4.30. The van der Waals surface area contributed by atoms with Crippen LogP contribution in [0.4, 0.5) is 4.39 Å². The zero-order chi connectivity index (χ0) is 12.7. The molecule has 1 aromatic rings. The third-order valence-corrected chi connectivity index (χ3v) is 3.66. The van der Waals surface area contributed by atoms with Crippen molar-refractivity contribution in [2.24, 2.45) is 5.92 Å². The molecule has 0 bridgehead atoms. The maximum absolute atomic E-state index is 12.7. The summed E-state index contributed by atoms with van der Waals surface area (Å²) in [6, 6.07) is 5.76. The molecule has 0 aliphatic carbocycles. The Hall–Kier alpha value is -0.740. The molecule has 0 fully saturated rings. The van der Waals surface area contributed by atoms with Gasteiger partial charge in [0.25, 0.3) is 0 Å². The van der Waals surface area contributed by atoms with E-state index in [1.807, 2.05) is 0 Å². The number of benzene rings is 1. The van der Waals surface area contributed by atoms with E-state index in [1.54, 1.807) is 12.1 Å². The van der Waals surface area contributed by atoms with Crippen LogP contribution in [-0.2, 0) is 15.5 Å². The molecule has 1 aromatic carbocycles. The van der Waals surface area contributed by atoms with Crippen molar-refractivity contribution < 1.29 is 13.3 Å². The van der Waals surface area contributed by atoms with Gasteiger partial charge in [-0.15, -0.1) is 0 Å². The minimum Gasteiger partial charge on any atom is -0.380 e. The van der Waals surface area contributed by atoms with E-state index in [4.69, 9.17) is 4.74 Å². The van der Waals surface area contributed by atoms with Crippen molar-refractivity contribution in [2.45, 2.75) is 25.2 Å². The highest BCUT2D eigenvalue weighted by Gasteiger charge is 2.04. The quantitative estimate of drug-likeness (QED) is 0.703. The van der Waals surface area contributed by atoms with Gasteiger partial charge in [-0.3, -0.25) is 4.21 Å². The molecule has 17 heavy (non-hydrogen) atoms. The molecule has 0 N–H and O–H groups in total. The Kier molecular flexibility index (Phi) is 6.37. The smallest absolute Gasteiger partial charge is 0.123 e. The lowest BCUT2D eigenvalue weighted by molar-refractivity contribution is 0.138. The lowest BCUT2D eigenvalue weighted by atomic mass is 10.1. The van der Waals surface area contributed by atoms with Crippen molar-refractivity contribution in [3.05, 3.63) is 30.1 Å². The van der Waals surface area contributed by atoms with Crippen LogP contribution in [0.15, 0.2) is 29.2 Å². The first-order valence-electron chi connectivity index (χ1n) is 5.81. The summed E-state index contributed by atoms with van der Waals surface area (Å²) in [5.41, 5.74) is 0. The van der Waals surface area contributed by atoms with Crippen molar-refractivity contribution in [3.8, 4) is 0 Å². The van der Waals surface area contributed by atoms with Gasteiger partial charge in [0.1, 0.15) is 5.82 Å². The summed E-state index contributed by atoms with van der Waals surface area (Å²) >= 11 is 0. The number of hydrogen-bond donors (Lipinski definition) is 0. The molecule has 2 nitrogen and oxygen atoms in total. The number of hydrogen-bond acceptors (Lipinski definition) is 2. The predicted molar refractivity (Wildman–Crippen MR) is 67.9 cm³/mol. The van der Waals surface area contributed by atoms with Gasteiger partial charge in [0.05, 0.1) is 23.2 Å². The highest BCUT2D eigenvalue weighted by atomic mass is 32.2. The fourth-order valence-corrected chi connectivity index (χ4v) is 2.20. The normalized spacial score (nSPS) is 12.9. The van der Waals surface area contributed by atoms with E-state index in [0.717, 1.165) is 6.42 Å². The Morgan fingerprint density at radius 2 is 1.88 bits per heavy atom. The van der Waals surface area contributed by atoms with Gasteiger partial charge >= 0.3 is 0 Å². The molecule has 4 heteroatoms. The van der Waals surface area contributed by atoms with Gasteiger partial charge in [-0.2, -0.15) is 0 Å². The summed E-state index contributed by atoms with van der Waals surface area (Å²) in [7, 11) is -1.10. The average molecular weight is 258 g/mol. The molecular weight excluding hydrogens is 239 g/mol. The molecule has 0 saturated heterocycles. The molecule has 0 spiro atoms. The Morgan fingerprint density at radius 1 is 1.24 bits per heavy atom. The van der Waals surface area contributed by atoms with Gasteiger partial charge in [0.15, 0.2) is 0 Å². The van der Waals surface area contributed by atoms with Gasteiger partial charge in [0.2, 0.25) is 0 Å². The summed E-state index contributed by atoms with van der Waals surface area (Å²) < 4.78 is 29.8. The summed E-state index contributed by atoms with van der Waals surface area (Å²) in [5.74, 6) is 0.778. The van der Waals surface area contributed by atoms with Gasteiger partial charge in [-0.1, -0.05) is 13.8 Å². The zero-order valence-electron chi connectivity index (χ0n) is 10.3. The largest absolute Gasteiger partial charge is 0.380 e.